The van der Waals surface area contributed by atoms with Gasteiger partial charge >= 0.3 is 0 Å². The maximum absolute atomic E-state index is 13.0. The normalized spacial score (nSPS) is 21.8. The maximum Gasteiger partial charge on any atom is 0.242 e. The number of nitrogens with zero attached hydrogens (tertiary/aromatic N) is 5. The van der Waals surface area contributed by atoms with Crippen molar-refractivity contribution in [3.8, 4) is 0 Å². The molecule has 0 radical (unpaired) electrons. The number of amides is 1. The van der Waals surface area contributed by atoms with Crippen LogP contribution in [-0.4, -0.2) is 56.9 Å². The average Bonchev–Trinajstić information content (AvgIpc) is 3.31. The quantitative estimate of drug-likeness (QED) is 0.923. The van der Waals surface area contributed by atoms with E-state index < -0.39 is 0 Å². The van der Waals surface area contributed by atoms with Gasteiger partial charge in [0.1, 0.15) is 11.8 Å². The Hall–Kier alpha value is -2.18. The predicted octanol–water partition coefficient (Wildman–Crippen LogP) is 2.36. The average molecular weight is 342 g/mol. The van der Waals surface area contributed by atoms with Crippen LogP contribution < -0.4 is 4.90 Å². The molecule has 2 aliphatic rings. The molecule has 7 nitrogen and oxygen atoms in total. The van der Waals surface area contributed by atoms with E-state index in [1.165, 1.54) is 44.9 Å². The first-order chi connectivity index (χ1) is 12.2. The minimum Gasteiger partial charge on any atom is -0.348 e. The largest absolute Gasteiger partial charge is 0.348 e. The van der Waals surface area contributed by atoms with Gasteiger partial charge in [-0.2, -0.15) is 0 Å². The molecule has 1 saturated carbocycles. The highest BCUT2D eigenvalue weighted by Gasteiger charge is 2.35. The second-order valence-corrected chi connectivity index (χ2v) is 7.35. The fourth-order valence-electron chi connectivity index (χ4n) is 4.52. The van der Waals surface area contributed by atoms with E-state index >= 15 is 0 Å². The van der Waals surface area contributed by atoms with Crippen LogP contribution in [0.5, 0.6) is 0 Å². The fraction of sp³-hybridized carbons (Fsp3) is 0.667. The molecule has 134 valence electrons. The first kappa shape index (κ1) is 16.3. The summed E-state index contributed by atoms with van der Waals surface area (Å²) in [5.74, 6) is 1.63. The van der Waals surface area contributed by atoms with Crippen molar-refractivity contribution in [3.05, 3.63) is 12.7 Å². The Morgan fingerprint density at radius 3 is 2.88 bits per heavy atom. The number of rotatable bonds is 4. The number of fused-ring (bicyclic) bond motifs is 1. The molecule has 0 spiro atoms. The van der Waals surface area contributed by atoms with E-state index in [1.807, 2.05) is 11.9 Å². The number of nitrogens with one attached hydrogen (secondary N) is 1. The molecule has 25 heavy (non-hydrogen) atoms. The summed E-state index contributed by atoms with van der Waals surface area (Å²) in [4.78, 5) is 32.7. The second-order valence-electron chi connectivity index (χ2n) is 7.35. The van der Waals surface area contributed by atoms with Gasteiger partial charge < -0.3 is 14.8 Å². The standard InChI is InChI=1S/C18H26N6O/c1-23(18-16-17(20-11-19-16)21-12-22-18)10-15(25)24-9-5-8-14(24)13-6-3-2-4-7-13/h11-14H,2-10H2,1H3,(H,19,20,21,22)/t14-/m1/s1. The summed E-state index contributed by atoms with van der Waals surface area (Å²) in [6.45, 7) is 1.24. The molecule has 4 rings (SSSR count). The van der Waals surface area contributed by atoms with Gasteiger partial charge in [-0.3, -0.25) is 4.79 Å². The smallest absolute Gasteiger partial charge is 0.242 e. The Bertz CT molecular complexity index is 738. The van der Waals surface area contributed by atoms with Crippen LogP contribution in [-0.2, 0) is 4.79 Å². The lowest BCUT2D eigenvalue weighted by Gasteiger charge is -2.35. The number of aromatic nitrogens is 4. The summed E-state index contributed by atoms with van der Waals surface area (Å²) in [7, 11) is 1.91. The van der Waals surface area contributed by atoms with Gasteiger partial charge in [0, 0.05) is 19.6 Å². The monoisotopic (exact) mass is 342 g/mol. The summed E-state index contributed by atoms with van der Waals surface area (Å²) < 4.78 is 0. The van der Waals surface area contributed by atoms with E-state index in [-0.39, 0.29) is 5.91 Å². The van der Waals surface area contributed by atoms with E-state index in [0.717, 1.165) is 24.3 Å². The molecule has 1 amide bonds. The number of carbonyl (C=O) groups excluding carboxylic acids is 1. The van der Waals surface area contributed by atoms with Gasteiger partial charge in [-0.25, -0.2) is 15.0 Å². The van der Waals surface area contributed by atoms with Crippen LogP contribution in [0.3, 0.4) is 0 Å². The lowest BCUT2D eigenvalue weighted by molar-refractivity contribution is -0.131. The summed E-state index contributed by atoms with van der Waals surface area (Å²) in [5.41, 5.74) is 1.41. The van der Waals surface area contributed by atoms with Gasteiger partial charge in [-0.1, -0.05) is 19.3 Å². The topological polar surface area (TPSA) is 78.0 Å². The van der Waals surface area contributed by atoms with Gasteiger partial charge in [0.2, 0.25) is 5.91 Å². The van der Waals surface area contributed by atoms with E-state index in [0.29, 0.717) is 24.2 Å². The lowest BCUT2D eigenvalue weighted by atomic mass is 9.83. The number of imidazole rings is 1. The van der Waals surface area contributed by atoms with Gasteiger partial charge in [0.15, 0.2) is 11.5 Å². The first-order valence-corrected chi connectivity index (χ1v) is 9.38. The van der Waals surface area contributed by atoms with Crippen molar-refractivity contribution in [2.24, 2.45) is 5.92 Å². The highest BCUT2D eigenvalue weighted by atomic mass is 16.2. The Labute approximate surface area is 147 Å². The lowest BCUT2D eigenvalue weighted by Crippen LogP contribution is -2.45. The third kappa shape index (κ3) is 3.19. The predicted molar refractivity (Wildman–Crippen MR) is 96.3 cm³/mol. The zero-order valence-electron chi connectivity index (χ0n) is 14.8. The van der Waals surface area contributed by atoms with Gasteiger partial charge in [0.05, 0.1) is 12.9 Å². The number of carbonyl (C=O) groups is 1. The molecule has 2 aromatic heterocycles. The number of likely N-dealkylation sites (N-methyl/N-ethyl adjacent to an activating group) is 1. The fourth-order valence-corrected chi connectivity index (χ4v) is 4.52. The van der Waals surface area contributed by atoms with Crippen LogP contribution in [0.4, 0.5) is 5.82 Å². The molecule has 0 aromatic carbocycles. The molecule has 3 heterocycles. The van der Waals surface area contributed by atoms with Crippen LogP contribution in [0.2, 0.25) is 0 Å². The van der Waals surface area contributed by atoms with Crippen molar-refractivity contribution < 1.29 is 4.79 Å². The summed E-state index contributed by atoms with van der Waals surface area (Å²) in [6, 6.07) is 0.443. The molecule has 1 aliphatic heterocycles. The van der Waals surface area contributed by atoms with Gasteiger partial charge in [-0.05, 0) is 31.6 Å². The van der Waals surface area contributed by atoms with Crippen LogP contribution in [0.25, 0.3) is 11.2 Å². The number of hydrogen-bond acceptors (Lipinski definition) is 5. The number of hydrogen-bond donors (Lipinski definition) is 1. The maximum atomic E-state index is 13.0. The van der Waals surface area contributed by atoms with Crippen LogP contribution in [0, 0.1) is 5.92 Å². The number of anilines is 1. The Kier molecular flexibility index (Phi) is 4.55. The van der Waals surface area contributed by atoms with Crippen LogP contribution in [0.15, 0.2) is 12.7 Å². The van der Waals surface area contributed by atoms with E-state index in [1.54, 1.807) is 6.33 Å². The second kappa shape index (κ2) is 6.98. The molecule has 1 N–H and O–H groups in total. The molecular formula is C18H26N6O. The van der Waals surface area contributed by atoms with Crippen molar-refractivity contribution in [3.63, 3.8) is 0 Å². The van der Waals surface area contributed by atoms with E-state index in [9.17, 15) is 4.79 Å². The summed E-state index contributed by atoms with van der Waals surface area (Å²) in [6.07, 6.45) is 12.0. The number of aromatic amines is 1. The molecule has 0 bridgehead atoms. The number of likely N-dealkylation sites (tertiary alicyclic amines) is 1. The molecule has 1 aliphatic carbocycles. The van der Waals surface area contributed by atoms with Crippen LogP contribution >= 0.6 is 0 Å². The molecule has 7 heteroatoms. The minimum absolute atomic E-state index is 0.210. The summed E-state index contributed by atoms with van der Waals surface area (Å²) >= 11 is 0. The van der Waals surface area contributed by atoms with E-state index in [2.05, 4.69) is 24.8 Å². The van der Waals surface area contributed by atoms with E-state index in [4.69, 9.17) is 0 Å². The SMILES string of the molecule is CN(CC(=O)N1CCC[C@@H]1C1CCCCC1)c1ncnc2nc[nH]c12. The highest BCUT2D eigenvalue weighted by Crippen LogP contribution is 2.34. The molecule has 2 fully saturated rings. The molecule has 1 saturated heterocycles. The Balaban J connectivity index is 1.46. The first-order valence-electron chi connectivity index (χ1n) is 9.38. The zero-order chi connectivity index (χ0) is 17.2. The Morgan fingerprint density at radius 2 is 2.04 bits per heavy atom. The van der Waals surface area contributed by atoms with Gasteiger partial charge in [0.25, 0.3) is 0 Å². The molecule has 1 atom stereocenters. The molecule has 0 unspecified atom stereocenters. The highest BCUT2D eigenvalue weighted by molar-refractivity contribution is 5.87. The third-order valence-corrected chi connectivity index (χ3v) is 5.75. The third-order valence-electron chi connectivity index (χ3n) is 5.75. The number of H-pyrrole nitrogens is 1. The molecule has 2 aromatic rings. The van der Waals surface area contributed by atoms with Crippen molar-refractivity contribution in [1.29, 1.82) is 0 Å². The minimum atomic E-state index is 0.210. The summed E-state index contributed by atoms with van der Waals surface area (Å²) in [5, 5.41) is 0. The zero-order valence-corrected chi connectivity index (χ0v) is 14.8. The van der Waals surface area contributed by atoms with Crippen molar-refractivity contribution in [2.75, 3.05) is 25.0 Å². The van der Waals surface area contributed by atoms with Crippen molar-refractivity contribution in [1.82, 2.24) is 24.8 Å². The molecular weight excluding hydrogens is 316 g/mol. The van der Waals surface area contributed by atoms with Crippen LogP contribution in [0.1, 0.15) is 44.9 Å². The van der Waals surface area contributed by atoms with Crippen molar-refractivity contribution >= 4 is 22.9 Å². The van der Waals surface area contributed by atoms with Crippen molar-refractivity contribution in [2.45, 2.75) is 51.0 Å². The Morgan fingerprint density at radius 1 is 1.20 bits per heavy atom. The van der Waals surface area contributed by atoms with Gasteiger partial charge in [-0.15, -0.1) is 0 Å².